The Labute approximate surface area is 171 Å². The number of H-pyrrole nitrogens is 2. The van der Waals surface area contributed by atoms with E-state index in [4.69, 9.17) is 11.6 Å². The van der Waals surface area contributed by atoms with Gasteiger partial charge in [0, 0.05) is 45.3 Å². The number of carboxylic acid groups (broad SMARTS) is 1. The Kier molecular flexibility index (Phi) is 3.96. The van der Waals surface area contributed by atoms with Crippen molar-refractivity contribution < 1.29 is 9.90 Å². The summed E-state index contributed by atoms with van der Waals surface area (Å²) in [6, 6.07) is 22.8. The first-order chi connectivity index (χ1) is 14.1. The molecule has 5 aromatic rings. The zero-order valence-electron chi connectivity index (χ0n) is 15.3. The van der Waals surface area contributed by atoms with Crippen LogP contribution in [0.3, 0.4) is 0 Å². The lowest BCUT2D eigenvalue weighted by Crippen LogP contribution is -2.22. The summed E-state index contributed by atoms with van der Waals surface area (Å²) in [5.74, 6) is -0.962. The van der Waals surface area contributed by atoms with E-state index in [1.165, 1.54) is 0 Å². The number of rotatable bonds is 4. The molecule has 0 bridgehead atoms. The smallest absolute Gasteiger partial charge is 0.335 e. The molecule has 0 saturated heterocycles. The summed E-state index contributed by atoms with van der Waals surface area (Å²) in [5, 5.41) is 11.3. The molecule has 4 nitrogen and oxygen atoms in total. The number of aromatic carboxylic acids is 1. The van der Waals surface area contributed by atoms with Gasteiger partial charge in [-0.2, -0.15) is 0 Å². The maximum absolute atomic E-state index is 11.3. The number of aromatic amines is 2. The number of carbonyl (C=O) groups is 1. The first kappa shape index (κ1) is 17.6. The van der Waals surface area contributed by atoms with Gasteiger partial charge in [-0.15, -0.1) is 11.6 Å². The largest absolute Gasteiger partial charge is 0.478 e. The molecule has 142 valence electrons. The van der Waals surface area contributed by atoms with Gasteiger partial charge in [-0.25, -0.2) is 4.79 Å². The fourth-order valence-corrected chi connectivity index (χ4v) is 4.45. The van der Waals surface area contributed by atoms with Gasteiger partial charge < -0.3 is 15.1 Å². The molecule has 29 heavy (non-hydrogen) atoms. The van der Waals surface area contributed by atoms with Gasteiger partial charge in [0.2, 0.25) is 0 Å². The van der Waals surface area contributed by atoms with Crippen LogP contribution in [0.4, 0.5) is 0 Å². The van der Waals surface area contributed by atoms with Crippen molar-refractivity contribution >= 4 is 39.4 Å². The topological polar surface area (TPSA) is 68.9 Å². The first-order valence-corrected chi connectivity index (χ1v) is 9.63. The SMILES string of the molecule is O=C(O)c1ccc(C(Cl)(c2c[nH]c3ccccc23)c2c[nH]c3ccccc23)cc1. The summed E-state index contributed by atoms with van der Waals surface area (Å²) in [7, 11) is 0. The molecule has 2 heterocycles. The Morgan fingerprint density at radius 1 is 0.759 bits per heavy atom. The molecule has 0 saturated carbocycles. The second-order valence-corrected chi connectivity index (χ2v) is 7.60. The number of nitrogens with one attached hydrogen (secondary N) is 2. The average molecular weight is 401 g/mol. The molecule has 3 N–H and O–H groups in total. The Morgan fingerprint density at radius 3 is 1.72 bits per heavy atom. The minimum Gasteiger partial charge on any atom is -0.478 e. The van der Waals surface area contributed by atoms with Gasteiger partial charge in [-0.3, -0.25) is 0 Å². The summed E-state index contributed by atoms with van der Waals surface area (Å²) in [6.07, 6.45) is 3.87. The maximum Gasteiger partial charge on any atom is 0.335 e. The molecule has 5 rings (SSSR count). The number of aromatic nitrogens is 2. The number of para-hydroxylation sites is 2. The van der Waals surface area contributed by atoms with Gasteiger partial charge in [0.15, 0.2) is 0 Å². The third-order valence-electron chi connectivity index (χ3n) is 5.45. The molecule has 0 fully saturated rings. The van der Waals surface area contributed by atoms with Gasteiger partial charge in [-0.05, 0) is 29.8 Å². The van der Waals surface area contributed by atoms with Crippen LogP contribution in [0.5, 0.6) is 0 Å². The van der Waals surface area contributed by atoms with E-state index in [0.29, 0.717) is 0 Å². The number of benzene rings is 3. The second-order valence-electron chi connectivity index (χ2n) is 7.04. The summed E-state index contributed by atoms with van der Waals surface area (Å²) in [4.78, 5) is 17.0. The lowest BCUT2D eigenvalue weighted by molar-refractivity contribution is 0.0697. The Hall–Kier alpha value is -3.50. The second kappa shape index (κ2) is 6.54. The third kappa shape index (κ3) is 2.64. The molecule has 3 aromatic carbocycles. The lowest BCUT2D eigenvalue weighted by Gasteiger charge is -2.28. The fourth-order valence-electron chi connectivity index (χ4n) is 4.01. The minimum atomic E-state index is -1.00. The quantitative estimate of drug-likeness (QED) is 0.330. The van der Waals surface area contributed by atoms with Crippen molar-refractivity contribution in [1.82, 2.24) is 9.97 Å². The zero-order valence-corrected chi connectivity index (χ0v) is 16.1. The number of halogens is 1. The molecule has 0 atom stereocenters. The van der Waals surface area contributed by atoms with Crippen molar-refractivity contribution in [2.75, 3.05) is 0 Å². The molecule has 0 aliphatic carbocycles. The molecule has 2 aromatic heterocycles. The van der Waals surface area contributed by atoms with Crippen LogP contribution in [0.25, 0.3) is 21.8 Å². The van der Waals surface area contributed by atoms with Crippen molar-refractivity contribution in [3.63, 3.8) is 0 Å². The molecule has 0 radical (unpaired) electrons. The van der Waals surface area contributed by atoms with Gasteiger partial charge >= 0.3 is 5.97 Å². The molecule has 0 spiro atoms. The highest BCUT2D eigenvalue weighted by Crippen LogP contribution is 2.48. The van der Waals surface area contributed by atoms with Crippen LogP contribution in [-0.4, -0.2) is 21.0 Å². The number of fused-ring (bicyclic) bond motifs is 2. The predicted molar refractivity (Wildman–Crippen MR) is 116 cm³/mol. The normalized spacial score (nSPS) is 11.9. The van der Waals surface area contributed by atoms with Crippen molar-refractivity contribution in [2.45, 2.75) is 4.87 Å². The van der Waals surface area contributed by atoms with E-state index in [1.807, 2.05) is 60.9 Å². The van der Waals surface area contributed by atoms with Crippen LogP contribution in [0.1, 0.15) is 27.0 Å². The van der Waals surface area contributed by atoms with Crippen LogP contribution < -0.4 is 0 Å². The molecular formula is C24H17ClN2O2. The number of hydrogen-bond acceptors (Lipinski definition) is 1. The summed E-state index contributed by atoms with van der Waals surface area (Å²) in [6.45, 7) is 0. The van der Waals surface area contributed by atoms with Crippen LogP contribution in [0, 0.1) is 0 Å². The standard InChI is InChI=1S/C24H17ClN2O2/c25-24(16-11-9-15(10-12-16)23(28)29,19-13-26-21-7-3-1-5-17(19)21)20-14-27-22-8-4-2-6-18(20)22/h1-14,26-27H,(H,28,29). The van der Waals surface area contributed by atoms with E-state index in [0.717, 1.165) is 38.5 Å². The summed E-state index contributed by atoms with van der Waals surface area (Å²) in [5.41, 5.74) is 4.86. The minimum absolute atomic E-state index is 0.227. The van der Waals surface area contributed by atoms with E-state index < -0.39 is 10.8 Å². The van der Waals surface area contributed by atoms with E-state index in [-0.39, 0.29) is 5.56 Å². The van der Waals surface area contributed by atoms with Crippen molar-refractivity contribution in [3.05, 3.63) is 107 Å². The molecule has 0 unspecified atom stereocenters. The number of carboxylic acids is 1. The van der Waals surface area contributed by atoms with Crippen LogP contribution >= 0.6 is 11.6 Å². The monoisotopic (exact) mass is 400 g/mol. The number of hydrogen-bond donors (Lipinski definition) is 3. The molecule has 5 heteroatoms. The first-order valence-electron chi connectivity index (χ1n) is 9.25. The van der Waals surface area contributed by atoms with Gasteiger partial charge in [-0.1, -0.05) is 48.5 Å². The van der Waals surface area contributed by atoms with Crippen molar-refractivity contribution in [2.24, 2.45) is 0 Å². The molecular weight excluding hydrogens is 384 g/mol. The molecule has 0 aliphatic rings. The molecule has 0 aliphatic heterocycles. The van der Waals surface area contributed by atoms with Crippen LogP contribution in [-0.2, 0) is 4.87 Å². The summed E-state index contributed by atoms with van der Waals surface area (Å²) >= 11 is 7.50. The Balaban J connectivity index is 1.83. The summed E-state index contributed by atoms with van der Waals surface area (Å²) < 4.78 is 0. The van der Waals surface area contributed by atoms with Crippen LogP contribution in [0.2, 0.25) is 0 Å². The highest BCUT2D eigenvalue weighted by molar-refractivity contribution is 6.30. The maximum atomic E-state index is 11.3. The van der Waals surface area contributed by atoms with Gasteiger partial charge in [0.05, 0.1) is 5.56 Å². The predicted octanol–water partition coefficient (Wildman–Crippen LogP) is 5.88. The van der Waals surface area contributed by atoms with Crippen molar-refractivity contribution in [1.29, 1.82) is 0 Å². The Bertz CT molecular complexity index is 1270. The highest BCUT2D eigenvalue weighted by Gasteiger charge is 2.38. The number of alkyl halides is 1. The van der Waals surface area contributed by atoms with Crippen LogP contribution in [0.15, 0.2) is 85.2 Å². The fraction of sp³-hybridized carbons (Fsp3) is 0.0417. The van der Waals surface area contributed by atoms with Gasteiger partial charge in [0.1, 0.15) is 4.87 Å². The van der Waals surface area contributed by atoms with E-state index >= 15 is 0 Å². The average Bonchev–Trinajstić information content (AvgIpc) is 3.38. The third-order valence-corrected chi connectivity index (χ3v) is 6.08. The van der Waals surface area contributed by atoms with E-state index in [1.54, 1.807) is 24.3 Å². The van der Waals surface area contributed by atoms with E-state index in [2.05, 4.69) is 9.97 Å². The lowest BCUT2D eigenvalue weighted by atomic mass is 9.83. The van der Waals surface area contributed by atoms with E-state index in [9.17, 15) is 9.90 Å². The highest BCUT2D eigenvalue weighted by atomic mass is 35.5. The van der Waals surface area contributed by atoms with Crippen molar-refractivity contribution in [3.8, 4) is 0 Å². The Morgan fingerprint density at radius 2 is 1.24 bits per heavy atom. The zero-order chi connectivity index (χ0) is 20.0. The van der Waals surface area contributed by atoms with Gasteiger partial charge in [0.25, 0.3) is 0 Å². The molecule has 0 amide bonds.